The second kappa shape index (κ2) is 3.15. The molecule has 1 saturated heterocycles. The van der Waals surface area contributed by atoms with Gasteiger partial charge in [0.25, 0.3) is 0 Å². The molecule has 1 aliphatic rings. The quantitative estimate of drug-likeness (QED) is 0.523. The summed E-state index contributed by atoms with van der Waals surface area (Å²) in [5.41, 5.74) is 5.25. The number of ether oxygens (including phenoxy) is 1. The Morgan fingerprint density at radius 3 is 3.00 bits per heavy atom. The van der Waals surface area contributed by atoms with Crippen LogP contribution in [0.25, 0.3) is 0 Å². The van der Waals surface area contributed by atoms with Crippen molar-refractivity contribution in [2.24, 2.45) is 11.7 Å². The third-order valence-corrected chi connectivity index (χ3v) is 1.75. The Morgan fingerprint density at radius 1 is 1.78 bits per heavy atom. The fraction of sp³-hybridized carbons (Fsp3) is 1.00. The molecule has 1 heterocycles. The summed E-state index contributed by atoms with van der Waals surface area (Å²) in [5.74, 6) is 0.287. The molecular weight excluding hydrogens is 118 g/mol. The predicted octanol–water partition coefficient (Wildman–Crippen LogP) is -0.658. The molecule has 0 aromatic heterocycles. The summed E-state index contributed by atoms with van der Waals surface area (Å²) >= 11 is 0. The van der Waals surface area contributed by atoms with Gasteiger partial charge >= 0.3 is 0 Å². The third kappa shape index (κ3) is 1.64. The highest BCUT2D eigenvalue weighted by molar-refractivity contribution is 4.72. The molecule has 2 unspecified atom stereocenters. The molecule has 0 aliphatic carbocycles. The van der Waals surface area contributed by atoms with Crippen molar-refractivity contribution in [3.63, 3.8) is 0 Å². The van der Waals surface area contributed by atoms with Crippen molar-refractivity contribution >= 4 is 0 Å². The standard InChI is InChI=1S/C6H13NO2/c7-3-6(8)5-1-2-9-4-5/h5-6,8H,1-4,7H2. The first-order valence-corrected chi connectivity index (χ1v) is 3.30. The maximum absolute atomic E-state index is 9.15. The number of nitrogens with two attached hydrogens (primary N) is 1. The molecule has 3 N–H and O–H groups in total. The van der Waals surface area contributed by atoms with Gasteiger partial charge in [-0.05, 0) is 6.42 Å². The molecule has 0 saturated carbocycles. The Balaban J connectivity index is 2.24. The molecule has 0 aromatic carbocycles. The number of aliphatic hydroxyl groups is 1. The van der Waals surface area contributed by atoms with Crippen LogP contribution in [0.4, 0.5) is 0 Å². The maximum Gasteiger partial charge on any atom is 0.0713 e. The number of hydrogen-bond donors (Lipinski definition) is 2. The molecule has 2 atom stereocenters. The van der Waals surface area contributed by atoms with Gasteiger partial charge < -0.3 is 15.6 Å². The first-order chi connectivity index (χ1) is 4.34. The Labute approximate surface area is 54.8 Å². The largest absolute Gasteiger partial charge is 0.391 e. The minimum Gasteiger partial charge on any atom is -0.391 e. The van der Waals surface area contributed by atoms with Crippen LogP contribution in [0.15, 0.2) is 0 Å². The van der Waals surface area contributed by atoms with Gasteiger partial charge in [0.05, 0.1) is 12.7 Å². The van der Waals surface area contributed by atoms with Gasteiger partial charge in [0.2, 0.25) is 0 Å². The van der Waals surface area contributed by atoms with Crippen molar-refractivity contribution in [3.05, 3.63) is 0 Å². The van der Waals surface area contributed by atoms with E-state index >= 15 is 0 Å². The molecule has 0 radical (unpaired) electrons. The normalized spacial score (nSPS) is 30.7. The molecule has 0 spiro atoms. The van der Waals surface area contributed by atoms with Crippen LogP contribution >= 0.6 is 0 Å². The van der Waals surface area contributed by atoms with Crippen LogP contribution < -0.4 is 5.73 Å². The molecule has 1 aliphatic heterocycles. The summed E-state index contributed by atoms with van der Waals surface area (Å²) < 4.78 is 5.06. The van der Waals surface area contributed by atoms with Crippen LogP contribution in [0.5, 0.6) is 0 Å². The Hall–Kier alpha value is -0.120. The average Bonchev–Trinajstić information content (AvgIpc) is 2.37. The molecule has 0 amide bonds. The van der Waals surface area contributed by atoms with Gasteiger partial charge in [-0.2, -0.15) is 0 Å². The number of rotatable bonds is 2. The van der Waals surface area contributed by atoms with E-state index in [9.17, 15) is 0 Å². The van der Waals surface area contributed by atoms with E-state index in [1.165, 1.54) is 0 Å². The van der Waals surface area contributed by atoms with Crippen molar-refractivity contribution < 1.29 is 9.84 Å². The van der Waals surface area contributed by atoms with Gasteiger partial charge in [0.15, 0.2) is 0 Å². The zero-order valence-electron chi connectivity index (χ0n) is 5.42. The molecule has 0 bridgehead atoms. The summed E-state index contributed by atoms with van der Waals surface area (Å²) in [5, 5.41) is 9.15. The molecule has 9 heavy (non-hydrogen) atoms. The van der Waals surface area contributed by atoms with E-state index in [1.807, 2.05) is 0 Å². The lowest BCUT2D eigenvalue weighted by molar-refractivity contribution is 0.0978. The van der Waals surface area contributed by atoms with Gasteiger partial charge in [0, 0.05) is 19.1 Å². The first-order valence-electron chi connectivity index (χ1n) is 3.30. The van der Waals surface area contributed by atoms with Gasteiger partial charge in [-0.3, -0.25) is 0 Å². The summed E-state index contributed by atoms with van der Waals surface area (Å²) in [6, 6.07) is 0. The second-order valence-corrected chi connectivity index (χ2v) is 2.43. The lowest BCUT2D eigenvalue weighted by Crippen LogP contribution is -2.28. The van der Waals surface area contributed by atoms with Crippen LogP contribution in [0, 0.1) is 5.92 Å². The fourth-order valence-electron chi connectivity index (χ4n) is 1.05. The van der Waals surface area contributed by atoms with Crippen molar-refractivity contribution in [3.8, 4) is 0 Å². The van der Waals surface area contributed by atoms with Crippen LogP contribution in [-0.2, 0) is 4.74 Å². The minimum absolute atomic E-state index is 0.287. The lowest BCUT2D eigenvalue weighted by Gasteiger charge is -2.12. The van der Waals surface area contributed by atoms with Crippen LogP contribution in [0.3, 0.4) is 0 Å². The van der Waals surface area contributed by atoms with E-state index in [1.54, 1.807) is 0 Å². The molecule has 54 valence electrons. The van der Waals surface area contributed by atoms with Crippen molar-refractivity contribution in [1.82, 2.24) is 0 Å². The van der Waals surface area contributed by atoms with Gasteiger partial charge in [-0.1, -0.05) is 0 Å². The average molecular weight is 131 g/mol. The van der Waals surface area contributed by atoms with Crippen LogP contribution in [0.1, 0.15) is 6.42 Å². The third-order valence-electron chi connectivity index (χ3n) is 1.75. The molecule has 3 nitrogen and oxygen atoms in total. The fourth-order valence-corrected chi connectivity index (χ4v) is 1.05. The van der Waals surface area contributed by atoms with E-state index in [2.05, 4.69) is 0 Å². The highest BCUT2D eigenvalue weighted by atomic mass is 16.5. The number of aliphatic hydroxyl groups excluding tert-OH is 1. The minimum atomic E-state index is -0.354. The zero-order valence-corrected chi connectivity index (χ0v) is 5.42. The van der Waals surface area contributed by atoms with Crippen molar-refractivity contribution in [2.75, 3.05) is 19.8 Å². The SMILES string of the molecule is NCC(O)C1CCOC1. The predicted molar refractivity (Wildman–Crippen MR) is 34.0 cm³/mol. The molecule has 3 heteroatoms. The summed E-state index contributed by atoms with van der Waals surface area (Å²) in [6.45, 7) is 1.81. The maximum atomic E-state index is 9.15. The summed E-state index contributed by atoms with van der Waals surface area (Å²) in [4.78, 5) is 0. The van der Waals surface area contributed by atoms with Gasteiger partial charge in [-0.25, -0.2) is 0 Å². The van der Waals surface area contributed by atoms with E-state index in [0.717, 1.165) is 13.0 Å². The highest BCUT2D eigenvalue weighted by Gasteiger charge is 2.22. The highest BCUT2D eigenvalue weighted by Crippen LogP contribution is 2.15. The Kier molecular flexibility index (Phi) is 2.45. The number of hydrogen-bond acceptors (Lipinski definition) is 3. The van der Waals surface area contributed by atoms with Crippen LogP contribution in [0.2, 0.25) is 0 Å². The molecule has 0 aromatic rings. The second-order valence-electron chi connectivity index (χ2n) is 2.43. The van der Waals surface area contributed by atoms with Crippen molar-refractivity contribution in [2.45, 2.75) is 12.5 Å². The topological polar surface area (TPSA) is 55.5 Å². The Morgan fingerprint density at radius 2 is 2.56 bits per heavy atom. The van der Waals surface area contributed by atoms with Crippen LogP contribution in [-0.4, -0.2) is 31.0 Å². The Bertz CT molecular complexity index is 81.1. The first kappa shape index (κ1) is 6.99. The smallest absolute Gasteiger partial charge is 0.0713 e. The van der Waals surface area contributed by atoms with Gasteiger partial charge in [-0.15, -0.1) is 0 Å². The van der Waals surface area contributed by atoms with E-state index in [4.69, 9.17) is 15.6 Å². The summed E-state index contributed by atoms with van der Waals surface area (Å²) in [6.07, 6.45) is 0.603. The molecule has 1 fully saturated rings. The zero-order chi connectivity index (χ0) is 6.69. The summed E-state index contributed by atoms with van der Waals surface area (Å²) in [7, 11) is 0. The van der Waals surface area contributed by atoms with E-state index in [-0.39, 0.29) is 12.0 Å². The monoisotopic (exact) mass is 131 g/mol. The lowest BCUT2D eigenvalue weighted by atomic mass is 10.0. The van der Waals surface area contributed by atoms with E-state index < -0.39 is 0 Å². The molecular formula is C6H13NO2. The van der Waals surface area contributed by atoms with Crippen molar-refractivity contribution in [1.29, 1.82) is 0 Å². The van der Waals surface area contributed by atoms with E-state index in [0.29, 0.717) is 13.2 Å². The van der Waals surface area contributed by atoms with Gasteiger partial charge in [0.1, 0.15) is 0 Å². The molecule has 1 rings (SSSR count).